The lowest BCUT2D eigenvalue weighted by Crippen LogP contribution is -2.44. The second kappa shape index (κ2) is 7.20. The fraction of sp³-hybridized carbons (Fsp3) is 0.400. The van der Waals surface area contributed by atoms with Crippen LogP contribution in [0, 0.1) is 0 Å². The van der Waals surface area contributed by atoms with Crippen LogP contribution in [-0.2, 0) is 0 Å². The summed E-state index contributed by atoms with van der Waals surface area (Å²) in [6.07, 6.45) is 4.16. The molecule has 1 saturated carbocycles. The van der Waals surface area contributed by atoms with Crippen LogP contribution in [0.4, 0.5) is 17.6 Å². The van der Waals surface area contributed by atoms with E-state index < -0.39 is 0 Å². The summed E-state index contributed by atoms with van der Waals surface area (Å²) in [7, 11) is 2.15. The maximum atomic E-state index is 4.85. The minimum atomic E-state index is 0.509. The number of nitrogens with one attached hydrogen (secondary N) is 1. The second-order valence-electron chi connectivity index (χ2n) is 7.50. The van der Waals surface area contributed by atoms with Crippen LogP contribution in [0.3, 0.4) is 0 Å². The summed E-state index contributed by atoms with van der Waals surface area (Å²) in [6, 6.07) is 12.6. The van der Waals surface area contributed by atoms with Crippen LogP contribution >= 0.6 is 0 Å². The van der Waals surface area contributed by atoms with Crippen molar-refractivity contribution >= 4 is 17.6 Å². The molecule has 2 fully saturated rings. The van der Waals surface area contributed by atoms with E-state index in [1.54, 1.807) is 6.33 Å². The zero-order chi connectivity index (χ0) is 18.9. The molecule has 2 aromatic heterocycles. The molecule has 0 atom stereocenters. The van der Waals surface area contributed by atoms with Gasteiger partial charge in [0.05, 0.1) is 6.04 Å². The average molecular weight is 376 g/mol. The van der Waals surface area contributed by atoms with Crippen molar-refractivity contribution in [3.63, 3.8) is 0 Å². The number of benzene rings is 1. The van der Waals surface area contributed by atoms with Crippen LogP contribution in [0.15, 0.2) is 42.7 Å². The summed E-state index contributed by atoms with van der Waals surface area (Å²) >= 11 is 0. The van der Waals surface area contributed by atoms with E-state index in [2.05, 4.69) is 32.2 Å². The quantitative estimate of drug-likeness (QED) is 0.733. The Kier molecular flexibility index (Phi) is 4.40. The normalized spacial score (nSPS) is 17.7. The molecule has 3 heterocycles. The van der Waals surface area contributed by atoms with E-state index in [9.17, 15) is 0 Å². The topological polar surface area (TPSA) is 75.0 Å². The van der Waals surface area contributed by atoms with Gasteiger partial charge in [-0.1, -0.05) is 30.3 Å². The van der Waals surface area contributed by atoms with Crippen molar-refractivity contribution in [1.29, 1.82) is 0 Å². The van der Waals surface area contributed by atoms with Crippen LogP contribution in [0.25, 0.3) is 11.4 Å². The molecule has 0 unspecified atom stereocenters. The number of hydrogen-bond donors (Lipinski definition) is 1. The van der Waals surface area contributed by atoms with E-state index in [1.165, 1.54) is 12.8 Å². The van der Waals surface area contributed by atoms with Gasteiger partial charge in [-0.25, -0.2) is 19.6 Å². The fourth-order valence-corrected chi connectivity index (χ4v) is 3.37. The summed E-state index contributed by atoms with van der Waals surface area (Å²) in [6.45, 7) is 3.97. The molecule has 1 aliphatic heterocycles. The molecule has 0 spiro atoms. The molecular weight excluding hydrogens is 352 g/mol. The molecule has 0 bridgehead atoms. The maximum absolute atomic E-state index is 4.85. The predicted molar refractivity (Wildman–Crippen MR) is 109 cm³/mol. The van der Waals surface area contributed by atoms with Gasteiger partial charge < -0.3 is 15.1 Å². The van der Waals surface area contributed by atoms with Crippen LogP contribution in [-0.4, -0.2) is 62.9 Å². The highest BCUT2D eigenvalue weighted by Crippen LogP contribution is 2.34. The number of aromatic nitrogens is 5. The Labute approximate surface area is 164 Å². The summed E-state index contributed by atoms with van der Waals surface area (Å²) in [5, 5.41) is 7.81. The number of hydrogen-bond acceptors (Lipinski definition) is 7. The molecule has 8 heteroatoms. The number of anilines is 3. The Morgan fingerprint density at radius 1 is 1.00 bits per heavy atom. The van der Waals surface area contributed by atoms with Gasteiger partial charge in [-0.05, 0) is 19.9 Å². The molecule has 1 aliphatic carbocycles. The molecular formula is C20H24N8. The molecule has 1 N–H and O–H groups in total. The number of rotatable bonds is 5. The lowest BCUT2D eigenvalue weighted by molar-refractivity contribution is 0.312. The Bertz CT molecular complexity index is 942. The maximum Gasteiger partial charge on any atom is 0.247 e. The summed E-state index contributed by atoms with van der Waals surface area (Å²) in [4.78, 5) is 18.6. The molecule has 28 heavy (non-hydrogen) atoms. The largest absolute Gasteiger partial charge is 0.354 e. The first-order valence-corrected chi connectivity index (χ1v) is 9.81. The van der Waals surface area contributed by atoms with Gasteiger partial charge in [-0.3, -0.25) is 0 Å². The first kappa shape index (κ1) is 17.1. The van der Waals surface area contributed by atoms with Crippen molar-refractivity contribution in [2.24, 2.45) is 0 Å². The van der Waals surface area contributed by atoms with E-state index in [0.717, 1.165) is 43.4 Å². The molecule has 2 aliphatic rings. The Morgan fingerprint density at radius 3 is 2.54 bits per heavy atom. The van der Waals surface area contributed by atoms with Crippen molar-refractivity contribution in [1.82, 2.24) is 29.6 Å². The average Bonchev–Trinajstić information content (AvgIpc) is 3.48. The van der Waals surface area contributed by atoms with Crippen molar-refractivity contribution in [2.75, 3.05) is 43.4 Å². The fourth-order valence-electron chi connectivity index (χ4n) is 3.37. The van der Waals surface area contributed by atoms with Gasteiger partial charge in [0.2, 0.25) is 5.95 Å². The molecule has 1 aromatic carbocycles. The molecule has 1 saturated heterocycles. The zero-order valence-corrected chi connectivity index (χ0v) is 16.0. The highest BCUT2D eigenvalue weighted by atomic mass is 15.4. The summed E-state index contributed by atoms with van der Waals surface area (Å²) < 4.78 is 1.93. The predicted octanol–water partition coefficient (Wildman–Crippen LogP) is 2.57. The number of likely N-dealkylation sites (N-methyl/N-ethyl adjacent to an activating group) is 1. The lowest BCUT2D eigenvalue weighted by Gasteiger charge is -2.33. The minimum Gasteiger partial charge on any atom is -0.354 e. The van der Waals surface area contributed by atoms with E-state index in [0.29, 0.717) is 17.8 Å². The Balaban J connectivity index is 1.46. The summed E-state index contributed by atoms with van der Waals surface area (Å²) in [5.41, 5.74) is 0.998. The van der Waals surface area contributed by atoms with E-state index >= 15 is 0 Å². The van der Waals surface area contributed by atoms with E-state index in [-0.39, 0.29) is 0 Å². The SMILES string of the molecule is CN1CCN(c2cc(Nc3ncn(C4CC4)n3)nc(-c3ccccc3)n2)CC1. The minimum absolute atomic E-state index is 0.509. The van der Waals surface area contributed by atoms with Crippen molar-refractivity contribution in [3.05, 3.63) is 42.7 Å². The molecule has 0 radical (unpaired) electrons. The third kappa shape index (κ3) is 3.68. The van der Waals surface area contributed by atoms with E-state index in [1.807, 2.05) is 41.1 Å². The van der Waals surface area contributed by atoms with Gasteiger partial charge in [-0.15, -0.1) is 5.10 Å². The van der Waals surface area contributed by atoms with Crippen molar-refractivity contribution < 1.29 is 0 Å². The van der Waals surface area contributed by atoms with Gasteiger partial charge in [0.25, 0.3) is 0 Å². The molecule has 144 valence electrons. The smallest absolute Gasteiger partial charge is 0.247 e. The standard InChI is InChI=1S/C20H24N8/c1-26-9-11-27(12-10-26)18-13-17(22-19(24-18)15-5-3-2-4-6-15)23-20-21-14-28(25-20)16-7-8-16/h2-6,13-14,16H,7-12H2,1H3,(H,22,23,24,25). The second-order valence-corrected chi connectivity index (χ2v) is 7.50. The van der Waals surface area contributed by atoms with Crippen LogP contribution in [0.2, 0.25) is 0 Å². The Morgan fingerprint density at radius 2 is 1.79 bits per heavy atom. The van der Waals surface area contributed by atoms with Crippen molar-refractivity contribution in [3.8, 4) is 11.4 Å². The lowest BCUT2D eigenvalue weighted by atomic mass is 10.2. The first-order valence-electron chi connectivity index (χ1n) is 9.81. The van der Waals surface area contributed by atoms with Crippen LogP contribution in [0.5, 0.6) is 0 Å². The Hall–Kier alpha value is -3.00. The van der Waals surface area contributed by atoms with E-state index in [4.69, 9.17) is 9.97 Å². The van der Waals surface area contributed by atoms with Crippen LogP contribution in [0.1, 0.15) is 18.9 Å². The molecule has 3 aromatic rings. The first-order chi connectivity index (χ1) is 13.7. The number of nitrogens with zero attached hydrogens (tertiary/aromatic N) is 7. The molecule has 5 rings (SSSR count). The van der Waals surface area contributed by atoms with Gasteiger partial charge in [0, 0.05) is 37.8 Å². The van der Waals surface area contributed by atoms with Gasteiger partial charge in [0.15, 0.2) is 5.82 Å². The van der Waals surface area contributed by atoms with Crippen LogP contribution < -0.4 is 10.2 Å². The molecule has 8 nitrogen and oxygen atoms in total. The van der Waals surface area contributed by atoms with Crippen molar-refractivity contribution in [2.45, 2.75) is 18.9 Å². The summed E-state index contributed by atoms with van der Waals surface area (Å²) in [5.74, 6) is 2.94. The monoisotopic (exact) mass is 376 g/mol. The number of piperazine rings is 1. The third-order valence-electron chi connectivity index (χ3n) is 5.24. The third-order valence-corrected chi connectivity index (χ3v) is 5.24. The van der Waals surface area contributed by atoms with Gasteiger partial charge in [0.1, 0.15) is 18.0 Å². The van der Waals surface area contributed by atoms with Gasteiger partial charge in [-0.2, -0.15) is 0 Å². The highest BCUT2D eigenvalue weighted by molar-refractivity contribution is 5.63. The molecule has 0 amide bonds. The highest BCUT2D eigenvalue weighted by Gasteiger charge is 2.25. The van der Waals surface area contributed by atoms with Gasteiger partial charge >= 0.3 is 0 Å². The zero-order valence-electron chi connectivity index (χ0n) is 16.0.